The minimum Gasteiger partial charge on any atom is -0.0616 e. The Morgan fingerprint density at radius 1 is 0.292 bits per heavy atom. The van der Waals surface area contributed by atoms with E-state index < -0.39 is 12.1 Å². The average Bonchev–Trinajstić information content (AvgIpc) is 3.23. The molecule has 10 rings (SSSR count). The molecule has 48 heavy (non-hydrogen) atoms. The number of fused-ring (bicyclic) bond motifs is 9. The SMILES string of the molecule is [2H]c1c([2H])c([2H])c2c(-c3cccc4c5ccccc5c5ccccc5c34)c3c(-c4ccccc4-c4cccc5ccccc45)c([2H])c([2H])c([2H])c3c([2H])c2c1[2H]. The monoisotopic (exact) mass is 614 g/mol. The van der Waals surface area contributed by atoms with Crippen LogP contribution in [0.25, 0.3) is 98.0 Å². The van der Waals surface area contributed by atoms with E-state index in [4.69, 9.17) is 4.11 Å². The van der Waals surface area contributed by atoms with Gasteiger partial charge in [-0.25, -0.2) is 0 Å². The van der Waals surface area contributed by atoms with Crippen LogP contribution in [0.3, 0.4) is 0 Å². The van der Waals surface area contributed by atoms with E-state index in [2.05, 4.69) is 30.3 Å². The summed E-state index contributed by atoms with van der Waals surface area (Å²) < 4.78 is 74.2. The molecule has 0 aromatic heterocycles. The maximum absolute atomic E-state index is 9.68. The lowest BCUT2D eigenvalue weighted by molar-refractivity contribution is 1.62. The molecule has 0 N–H and O–H groups in total. The van der Waals surface area contributed by atoms with E-state index in [1.54, 1.807) is 0 Å². The van der Waals surface area contributed by atoms with Gasteiger partial charge in [-0.3, -0.25) is 0 Å². The van der Waals surface area contributed by atoms with Crippen molar-refractivity contribution in [3.05, 3.63) is 182 Å². The van der Waals surface area contributed by atoms with Gasteiger partial charge >= 0.3 is 0 Å². The molecule has 0 heterocycles. The van der Waals surface area contributed by atoms with Gasteiger partial charge in [-0.2, -0.15) is 0 Å². The van der Waals surface area contributed by atoms with Gasteiger partial charge in [0, 0.05) is 0 Å². The molecule has 0 nitrogen and oxygen atoms in total. The van der Waals surface area contributed by atoms with Crippen LogP contribution in [0, 0.1) is 0 Å². The minimum atomic E-state index is -0.480. The van der Waals surface area contributed by atoms with Gasteiger partial charge in [-0.15, -0.1) is 0 Å². The standard InChI is InChI=1S/C48H30/c1-3-18-34-31(14-1)16-11-26-36(34)37-20-5-7-22-39(37)42-27-12-17-33-30-32-15-2-4-19-35(32)48(46(33)42)45-29-13-28-44-41-23-8-6-21-38(41)40-24-9-10-25-43(40)47(44)45/h1-30H/i2D,4D,12D,15D,17D,19D,27D,30D. The molecule has 0 atom stereocenters. The first-order valence-corrected chi connectivity index (χ1v) is 16.0. The fourth-order valence-electron chi connectivity index (χ4n) is 7.63. The zero-order chi connectivity index (χ0) is 38.6. The fraction of sp³-hybridized carbons (Fsp3) is 0. The van der Waals surface area contributed by atoms with E-state index in [-0.39, 0.29) is 52.4 Å². The van der Waals surface area contributed by atoms with Gasteiger partial charge < -0.3 is 0 Å². The van der Waals surface area contributed by atoms with E-state index in [0.29, 0.717) is 27.6 Å². The third-order valence-corrected chi connectivity index (χ3v) is 9.63. The summed E-state index contributed by atoms with van der Waals surface area (Å²) in [6.07, 6.45) is 0. The highest BCUT2D eigenvalue weighted by atomic mass is 14.2. The topological polar surface area (TPSA) is 0 Å². The Kier molecular flexibility index (Phi) is 4.46. The Morgan fingerprint density at radius 2 is 0.812 bits per heavy atom. The summed E-state index contributed by atoms with van der Waals surface area (Å²) in [4.78, 5) is 0. The maximum Gasteiger partial charge on any atom is 0.0636 e. The van der Waals surface area contributed by atoms with E-state index in [0.717, 1.165) is 54.2 Å². The second-order valence-electron chi connectivity index (χ2n) is 12.1. The van der Waals surface area contributed by atoms with Crippen LogP contribution in [0.2, 0.25) is 0 Å². The molecule has 0 bridgehead atoms. The van der Waals surface area contributed by atoms with Crippen LogP contribution >= 0.6 is 0 Å². The van der Waals surface area contributed by atoms with Crippen molar-refractivity contribution in [3.8, 4) is 33.4 Å². The van der Waals surface area contributed by atoms with Crippen molar-refractivity contribution >= 4 is 64.6 Å². The number of hydrogen-bond acceptors (Lipinski definition) is 0. The normalized spacial score (nSPS) is 14.1. The zero-order valence-electron chi connectivity index (χ0n) is 33.7. The van der Waals surface area contributed by atoms with Gasteiger partial charge in [-0.1, -0.05) is 176 Å². The van der Waals surface area contributed by atoms with Crippen LogP contribution < -0.4 is 0 Å². The highest BCUT2D eigenvalue weighted by molar-refractivity contribution is 6.31. The van der Waals surface area contributed by atoms with Crippen molar-refractivity contribution < 1.29 is 11.0 Å². The summed E-state index contributed by atoms with van der Waals surface area (Å²) >= 11 is 0. The molecule has 0 fully saturated rings. The van der Waals surface area contributed by atoms with Crippen molar-refractivity contribution in [2.45, 2.75) is 0 Å². The smallest absolute Gasteiger partial charge is 0.0616 e. The van der Waals surface area contributed by atoms with Crippen molar-refractivity contribution in [2.75, 3.05) is 0 Å². The Hall–Kier alpha value is -6.24. The van der Waals surface area contributed by atoms with Gasteiger partial charge in [0.2, 0.25) is 0 Å². The summed E-state index contributed by atoms with van der Waals surface area (Å²) in [7, 11) is 0. The average molecular weight is 615 g/mol. The van der Waals surface area contributed by atoms with Crippen LogP contribution in [0.4, 0.5) is 0 Å². The van der Waals surface area contributed by atoms with E-state index >= 15 is 0 Å². The first-order chi connectivity index (χ1) is 27.2. The van der Waals surface area contributed by atoms with Crippen molar-refractivity contribution in [1.29, 1.82) is 0 Å². The molecule has 0 spiro atoms. The van der Waals surface area contributed by atoms with Crippen LogP contribution in [0.1, 0.15) is 11.0 Å². The molecule has 10 aromatic rings. The highest BCUT2D eigenvalue weighted by Gasteiger charge is 2.20. The number of hydrogen-bond donors (Lipinski definition) is 0. The Morgan fingerprint density at radius 3 is 1.60 bits per heavy atom. The summed E-state index contributed by atoms with van der Waals surface area (Å²) in [6.45, 7) is 0. The van der Waals surface area contributed by atoms with Gasteiger partial charge in [0.15, 0.2) is 0 Å². The highest BCUT2D eigenvalue weighted by Crippen LogP contribution is 2.48. The fourth-order valence-corrected chi connectivity index (χ4v) is 7.63. The van der Waals surface area contributed by atoms with E-state index in [9.17, 15) is 6.85 Å². The summed E-state index contributed by atoms with van der Waals surface area (Å²) in [5.74, 6) is 0. The van der Waals surface area contributed by atoms with Crippen LogP contribution in [-0.2, 0) is 0 Å². The molecule has 0 saturated carbocycles. The van der Waals surface area contributed by atoms with E-state index in [1.807, 2.05) is 103 Å². The molecule has 0 aliphatic carbocycles. The summed E-state index contributed by atoms with van der Waals surface area (Å²) in [6, 6.07) is 41.2. The lowest BCUT2D eigenvalue weighted by atomic mass is 9.82. The van der Waals surface area contributed by atoms with Gasteiger partial charge in [0.05, 0.1) is 11.0 Å². The van der Waals surface area contributed by atoms with Gasteiger partial charge in [0.1, 0.15) is 0 Å². The summed E-state index contributed by atoms with van der Waals surface area (Å²) in [5, 5.41) is 8.31. The molecule has 0 unspecified atom stereocenters. The molecule has 222 valence electrons. The van der Waals surface area contributed by atoms with Gasteiger partial charge in [0.25, 0.3) is 0 Å². The third-order valence-electron chi connectivity index (χ3n) is 9.63. The number of benzene rings is 10. The first kappa shape index (κ1) is 20.1. The van der Waals surface area contributed by atoms with E-state index in [1.165, 1.54) is 0 Å². The van der Waals surface area contributed by atoms with Crippen molar-refractivity contribution in [3.63, 3.8) is 0 Å². The van der Waals surface area contributed by atoms with Crippen LogP contribution in [0.5, 0.6) is 0 Å². The molecule has 0 aliphatic heterocycles. The Balaban J connectivity index is 1.51. The Labute approximate surface area is 290 Å². The quantitative estimate of drug-likeness (QED) is 0.137. The second-order valence-corrected chi connectivity index (χ2v) is 12.1. The molecule has 10 aromatic carbocycles. The molecular formula is C48H30. The predicted octanol–water partition coefficient (Wildman–Crippen LogP) is 13.6. The minimum absolute atomic E-state index is 0.0282. The van der Waals surface area contributed by atoms with Crippen molar-refractivity contribution in [1.82, 2.24) is 0 Å². The predicted molar refractivity (Wildman–Crippen MR) is 208 cm³/mol. The summed E-state index contributed by atoms with van der Waals surface area (Å²) in [5.41, 5.74) is 3.68. The molecule has 0 radical (unpaired) electrons. The molecule has 0 aliphatic rings. The van der Waals surface area contributed by atoms with Gasteiger partial charge in [-0.05, 0) is 104 Å². The van der Waals surface area contributed by atoms with Crippen LogP contribution in [0.15, 0.2) is 182 Å². The second kappa shape index (κ2) is 10.7. The molecule has 0 amide bonds. The van der Waals surface area contributed by atoms with Crippen LogP contribution in [-0.4, -0.2) is 0 Å². The first-order valence-electron chi connectivity index (χ1n) is 20.0. The maximum atomic E-state index is 9.68. The number of rotatable bonds is 3. The molecule has 0 saturated heterocycles. The molecular weight excluding hydrogens is 577 g/mol. The lowest BCUT2D eigenvalue weighted by Gasteiger charge is -2.20. The third kappa shape index (κ3) is 3.96. The largest absolute Gasteiger partial charge is 0.0636 e. The Bertz CT molecular complexity index is 3300. The van der Waals surface area contributed by atoms with Crippen molar-refractivity contribution in [2.24, 2.45) is 0 Å². The molecule has 0 heteroatoms. The lowest BCUT2D eigenvalue weighted by Crippen LogP contribution is -1.93. The zero-order valence-corrected chi connectivity index (χ0v) is 25.7.